The van der Waals surface area contributed by atoms with Crippen LogP contribution in [0, 0.1) is 0 Å². The third-order valence-corrected chi connectivity index (χ3v) is 5.50. The summed E-state index contributed by atoms with van der Waals surface area (Å²) in [7, 11) is 4.48. The average Bonchev–Trinajstić information content (AvgIpc) is 2.93. The smallest absolute Gasteiger partial charge is 0.345 e. The average molecular weight is 523 g/mol. The number of carbonyl (C=O) groups excluding carboxylic acids is 3. The van der Waals surface area contributed by atoms with Crippen LogP contribution in [0.5, 0.6) is 28.7 Å². The lowest BCUT2D eigenvalue weighted by atomic mass is 10.1. The van der Waals surface area contributed by atoms with Gasteiger partial charge in [-0.15, -0.1) is 0 Å². The Hall–Kier alpha value is -4.57. The number of esters is 2. The number of amides is 1. The monoisotopic (exact) mass is 522 g/mol. The Labute approximate surface area is 220 Å². The van der Waals surface area contributed by atoms with Crippen LogP contribution in [0.4, 0.5) is 0 Å². The number of hydrogen-bond acceptors (Lipinski definition) is 9. The maximum absolute atomic E-state index is 12.9. The number of primary amides is 1. The Kier molecular flexibility index (Phi) is 10.1. The molecular weight excluding hydrogens is 492 g/mol. The predicted molar refractivity (Wildman–Crippen MR) is 139 cm³/mol. The highest BCUT2D eigenvalue weighted by Crippen LogP contribution is 2.38. The molecule has 10 nitrogen and oxygen atoms in total. The van der Waals surface area contributed by atoms with E-state index in [0.29, 0.717) is 34.3 Å². The van der Waals surface area contributed by atoms with E-state index in [9.17, 15) is 14.4 Å². The molecule has 0 aromatic heterocycles. The van der Waals surface area contributed by atoms with E-state index in [1.165, 1.54) is 33.5 Å². The highest BCUT2D eigenvalue weighted by Gasteiger charge is 2.24. The molecule has 0 heterocycles. The summed E-state index contributed by atoms with van der Waals surface area (Å²) in [4.78, 5) is 36.9. The zero-order chi connectivity index (χ0) is 27.5. The lowest BCUT2D eigenvalue weighted by Crippen LogP contribution is -2.39. The van der Waals surface area contributed by atoms with Crippen molar-refractivity contribution in [3.05, 3.63) is 77.9 Å². The first kappa shape index (κ1) is 28.0. The maximum Gasteiger partial charge on any atom is 0.345 e. The first-order valence-corrected chi connectivity index (χ1v) is 11.7. The molecule has 3 N–H and O–H groups in total. The quantitative estimate of drug-likeness (QED) is 0.255. The molecule has 38 heavy (non-hydrogen) atoms. The first-order chi connectivity index (χ1) is 18.3. The van der Waals surface area contributed by atoms with Crippen molar-refractivity contribution in [2.24, 2.45) is 5.73 Å². The van der Waals surface area contributed by atoms with Gasteiger partial charge < -0.3 is 34.7 Å². The van der Waals surface area contributed by atoms with Crippen LogP contribution in [-0.4, -0.2) is 45.2 Å². The minimum atomic E-state index is -0.980. The van der Waals surface area contributed by atoms with E-state index < -0.39 is 23.9 Å². The summed E-state index contributed by atoms with van der Waals surface area (Å²) >= 11 is 0. The number of nitrogens with two attached hydrogens (primary N) is 1. The molecule has 3 aromatic carbocycles. The number of nitrogens with one attached hydrogen (secondary N) is 1. The lowest BCUT2D eigenvalue weighted by molar-refractivity contribution is -0.140. The van der Waals surface area contributed by atoms with Crippen molar-refractivity contribution in [1.82, 2.24) is 5.32 Å². The van der Waals surface area contributed by atoms with Gasteiger partial charge in [0.15, 0.2) is 11.5 Å². The molecule has 10 heteroatoms. The SMILES string of the molecule is COc1cc(CN[C@@H](CCC(N)=O)C(=O)OC(=O)c2ccc(Oc3ccccc3)cc2)cc(OC)c1OC. The van der Waals surface area contributed by atoms with Crippen molar-refractivity contribution in [2.75, 3.05) is 21.3 Å². The summed E-state index contributed by atoms with van der Waals surface area (Å²) < 4.78 is 26.8. The number of rotatable bonds is 13. The highest BCUT2D eigenvalue weighted by molar-refractivity contribution is 5.98. The normalized spacial score (nSPS) is 11.2. The van der Waals surface area contributed by atoms with Gasteiger partial charge in [-0.05, 0) is 60.5 Å². The van der Waals surface area contributed by atoms with Crippen LogP contribution in [0.1, 0.15) is 28.8 Å². The molecule has 0 unspecified atom stereocenters. The van der Waals surface area contributed by atoms with E-state index in [0.717, 1.165) is 0 Å². The molecule has 3 aromatic rings. The van der Waals surface area contributed by atoms with Gasteiger partial charge >= 0.3 is 11.9 Å². The van der Waals surface area contributed by atoms with Crippen LogP contribution in [0.3, 0.4) is 0 Å². The van der Waals surface area contributed by atoms with Gasteiger partial charge in [0, 0.05) is 13.0 Å². The van der Waals surface area contributed by atoms with Crippen LogP contribution in [0.25, 0.3) is 0 Å². The van der Waals surface area contributed by atoms with Crippen molar-refractivity contribution in [3.8, 4) is 28.7 Å². The number of hydrogen-bond donors (Lipinski definition) is 2. The molecular formula is C28H30N2O8. The Bertz CT molecular complexity index is 1220. The topological polar surface area (TPSA) is 135 Å². The summed E-state index contributed by atoms with van der Waals surface area (Å²) in [5.74, 6) is 0.212. The summed E-state index contributed by atoms with van der Waals surface area (Å²) in [6.07, 6.45) is -0.0442. The third-order valence-electron chi connectivity index (χ3n) is 5.50. The molecule has 0 aliphatic heterocycles. The standard InChI is InChI=1S/C28H30N2O8/c1-34-23-15-18(16-24(35-2)26(23)36-3)17-30-22(13-14-25(29)31)28(33)38-27(32)19-9-11-21(12-10-19)37-20-7-5-4-6-8-20/h4-12,15-16,22,30H,13-14,17H2,1-3H3,(H2,29,31)/t22-/m0/s1. The molecule has 0 spiro atoms. The Morgan fingerprint density at radius 3 is 2.00 bits per heavy atom. The van der Waals surface area contributed by atoms with Crippen molar-refractivity contribution in [2.45, 2.75) is 25.4 Å². The van der Waals surface area contributed by atoms with E-state index >= 15 is 0 Å². The fourth-order valence-electron chi connectivity index (χ4n) is 3.57. The second-order valence-electron chi connectivity index (χ2n) is 8.12. The Balaban J connectivity index is 1.67. The van der Waals surface area contributed by atoms with Gasteiger partial charge in [-0.3, -0.25) is 4.79 Å². The van der Waals surface area contributed by atoms with Crippen molar-refractivity contribution in [1.29, 1.82) is 0 Å². The molecule has 0 saturated carbocycles. The molecule has 0 fully saturated rings. The Morgan fingerprint density at radius 2 is 1.45 bits per heavy atom. The number of carbonyl (C=O) groups is 3. The molecule has 3 rings (SSSR count). The number of benzene rings is 3. The first-order valence-electron chi connectivity index (χ1n) is 11.7. The second kappa shape index (κ2) is 13.7. The molecule has 200 valence electrons. The van der Waals surface area contributed by atoms with Crippen molar-refractivity contribution in [3.63, 3.8) is 0 Å². The fourth-order valence-corrected chi connectivity index (χ4v) is 3.57. The second-order valence-corrected chi connectivity index (χ2v) is 8.12. The number of methoxy groups -OCH3 is 3. The van der Waals surface area contributed by atoms with E-state index in [1.807, 2.05) is 18.2 Å². The van der Waals surface area contributed by atoms with E-state index in [1.54, 1.807) is 36.4 Å². The van der Waals surface area contributed by atoms with Crippen LogP contribution < -0.4 is 30.0 Å². The van der Waals surface area contributed by atoms with Gasteiger partial charge in [0.05, 0.1) is 26.9 Å². The Morgan fingerprint density at radius 1 is 0.842 bits per heavy atom. The summed E-state index contributed by atoms with van der Waals surface area (Å²) in [6.45, 7) is 0.176. The van der Waals surface area contributed by atoms with Crippen LogP contribution in [0.2, 0.25) is 0 Å². The van der Waals surface area contributed by atoms with Gasteiger partial charge in [-0.25, -0.2) is 9.59 Å². The van der Waals surface area contributed by atoms with Crippen molar-refractivity contribution < 1.29 is 38.1 Å². The van der Waals surface area contributed by atoms with E-state index in [2.05, 4.69) is 5.32 Å². The predicted octanol–water partition coefficient (Wildman–Crippen LogP) is 3.61. The van der Waals surface area contributed by atoms with Gasteiger partial charge in [0.1, 0.15) is 17.5 Å². The zero-order valence-electron chi connectivity index (χ0n) is 21.4. The van der Waals surface area contributed by atoms with Gasteiger partial charge in [-0.2, -0.15) is 0 Å². The fraction of sp³-hybridized carbons (Fsp3) is 0.250. The maximum atomic E-state index is 12.9. The molecule has 1 atom stereocenters. The molecule has 1 amide bonds. The van der Waals surface area contributed by atoms with Crippen molar-refractivity contribution >= 4 is 17.8 Å². The molecule has 0 saturated heterocycles. The third kappa shape index (κ3) is 7.71. The van der Waals surface area contributed by atoms with Gasteiger partial charge in [0.2, 0.25) is 11.7 Å². The van der Waals surface area contributed by atoms with Crippen LogP contribution in [-0.2, 0) is 20.9 Å². The minimum absolute atomic E-state index is 0.0374. The summed E-state index contributed by atoms with van der Waals surface area (Å²) in [5.41, 5.74) is 6.14. The number of ether oxygens (including phenoxy) is 5. The summed E-state index contributed by atoms with van der Waals surface area (Å²) in [6, 6.07) is 17.8. The molecule has 0 radical (unpaired) electrons. The van der Waals surface area contributed by atoms with E-state index in [-0.39, 0.29) is 24.9 Å². The highest BCUT2D eigenvalue weighted by atomic mass is 16.6. The number of para-hydroxylation sites is 1. The van der Waals surface area contributed by atoms with Gasteiger partial charge in [-0.1, -0.05) is 18.2 Å². The lowest BCUT2D eigenvalue weighted by Gasteiger charge is -2.18. The molecule has 0 aliphatic rings. The van der Waals surface area contributed by atoms with Gasteiger partial charge in [0.25, 0.3) is 0 Å². The van der Waals surface area contributed by atoms with Crippen LogP contribution in [0.15, 0.2) is 66.7 Å². The minimum Gasteiger partial charge on any atom is -0.493 e. The van der Waals surface area contributed by atoms with Crippen LogP contribution >= 0.6 is 0 Å². The zero-order valence-corrected chi connectivity index (χ0v) is 21.4. The summed E-state index contributed by atoms with van der Waals surface area (Å²) in [5, 5.41) is 3.02. The van der Waals surface area contributed by atoms with E-state index in [4.69, 9.17) is 29.4 Å². The molecule has 0 bridgehead atoms. The molecule has 0 aliphatic carbocycles. The largest absolute Gasteiger partial charge is 0.493 e.